The van der Waals surface area contributed by atoms with Gasteiger partial charge in [-0.3, -0.25) is 9.59 Å². The van der Waals surface area contributed by atoms with Gasteiger partial charge < -0.3 is 10.2 Å². The summed E-state index contributed by atoms with van der Waals surface area (Å²) in [5.74, 6) is -0.500. The average Bonchev–Trinajstić information content (AvgIpc) is 3.18. The lowest BCUT2D eigenvalue weighted by atomic mass is 9.97. The number of benzene rings is 2. The van der Waals surface area contributed by atoms with Crippen LogP contribution in [0, 0.1) is 12.8 Å². The SMILES string of the molecule is CC(=O)N1CCc2cc(Br)cc(S(=O)(=O)N3CCC(C(=O)Nc4ccccc4C)CC3)c21. The highest BCUT2D eigenvalue weighted by Crippen LogP contribution is 2.39. The number of nitrogens with zero attached hydrogens (tertiary/aromatic N) is 2. The van der Waals surface area contributed by atoms with Gasteiger partial charge in [0.25, 0.3) is 0 Å². The molecule has 9 heteroatoms. The molecule has 32 heavy (non-hydrogen) atoms. The Kier molecular flexibility index (Phi) is 6.42. The predicted octanol–water partition coefficient (Wildman–Crippen LogP) is 3.71. The molecule has 2 heterocycles. The van der Waals surface area contributed by atoms with Gasteiger partial charge in [0.2, 0.25) is 21.8 Å². The summed E-state index contributed by atoms with van der Waals surface area (Å²) in [5.41, 5.74) is 3.10. The number of fused-ring (bicyclic) bond motifs is 1. The van der Waals surface area contributed by atoms with Crippen LogP contribution in [-0.4, -0.2) is 44.2 Å². The molecule has 0 atom stereocenters. The first-order valence-electron chi connectivity index (χ1n) is 10.7. The highest BCUT2D eigenvalue weighted by molar-refractivity contribution is 9.10. The van der Waals surface area contributed by atoms with Crippen LogP contribution < -0.4 is 10.2 Å². The zero-order valence-electron chi connectivity index (χ0n) is 18.1. The smallest absolute Gasteiger partial charge is 0.245 e. The second kappa shape index (κ2) is 8.96. The summed E-state index contributed by atoms with van der Waals surface area (Å²) in [4.78, 5) is 26.5. The average molecular weight is 520 g/mol. The van der Waals surface area contributed by atoms with Gasteiger partial charge in [0.05, 0.1) is 5.69 Å². The first kappa shape index (κ1) is 22.9. The van der Waals surface area contributed by atoms with Gasteiger partial charge in [-0.15, -0.1) is 0 Å². The monoisotopic (exact) mass is 519 g/mol. The summed E-state index contributed by atoms with van der Waals surface area (Å²) in [7, 11) is -3.81. The lowest BCUT2D eigenvalue weighted by Gasteiger charge is -2.31. The number of sulfonamides is 1. The molecule has 2 aromatic rings. The van der Waals surface area contributed by atoms with Gasteiger partial charge in [0.15, 0.2) is 0 Å². The maximum absolute atomic E-state index is 13.5. The minimum atomic E-state index is -3.81. The summed E-state index contributed by atoms with van der Waals surface area (Å²) >= 11 is 3.42. The molecule has 0 unspecified atom stereocenters. The van der Waals surface area contributed by atoms with Crippen LogP contribution in [-0.2, 0) is 26.0 Å². The van der Waals surface area contributed by atoms with Crippen molar-refractivity contribution in [2.24, 2.45) is 5.92 Å². The van der Waals surface area contributed by atoms with Gasteiger partial charge in [-0.2, -0.15) is 4.31 Å². The van der Waals surface area contributed by atoms with E-state index in [1.165, 1.54) is 16.1 Å². The number of aryl methyl sites for hydroxylation is 1. The van der Waals surface area contributed by atoms with Gasteiger partial charge in [-0.1, -0.05) is 34.1 Å². The third-order valence-electron chi connectivity index (χ3n) is 6.22. The van der Waals surface area contributed by atoms with Crippen molar-refractivity contribution in [3.63, 3.8) is 0 Å². The van der Waals surface area contributed by atoms with Crippen molar-refractivity contribution in [1.29, 1.82) is 0 Å². The van der Waals surface area contributed by atoms with E-state index < -0.39 is 10.0 Å². The summed E-state index contributed by atoms with van der Waals surface area (Å²) in [5, 5.41) is 2.97. The summed E-state index contributed by atoms with van der Waals surface area (Å²) in [6.07, 6.45) is 1.52. The molecule has 170 valence electrons. The Hall–Kier alpha value is -2.23. The van der Waals surface area contributed by atoms with Crippen molar-refractivity contribution in [1.82, 2.24) is 4.31 Å². The minimum Gasteiger partial charge on any atom is -0.326 e. The van der Waals surface area contributed by atoms with Crippen LogP contribution in [0.15, 0.2) is 45.8 Å². The zero-order chi connectivity index (χ0) is 23.0. The standard InChI is InChI=1S/C23H26BrN3O4S/c1-15-5-3-4-6-20(15)25-23(29)17-7-10-26(11-8-17)32(30,31)21-14-19(24)13-18-9-12-27(16(2)28)22(18)21/h3-6,13-14,17H,7-12H2,1-2H3,(H,25,29). The van der Waals surface area contributed by atoms with Gasteiger partial charge in [0.1, 0.15) is 4.90 Å². The molecule has 0 spiro atoms. The number of hydrogen-bond donors (Lipinski definition) is 1. The number of rotatable bonds is 4. The summed E-state index contributed by atoms with van der Waals surface area (Å²) in [6, 6.07) is 11.0. The van der Waals surface area contributed by atoms with Crippen molar-refractivity contribution in [3.05, 3.63) is 52.0 Å². The molecule has 1 saturated heterocycles. The first-order valence-corrected chi connectivity index (χ1v) is 12.9. The summed E-state index contributed by atoms with van der Waals surface area (Å²) in [6.45, 7) is 4.38. The second-order valence-electron chi connectivity index (χ2n) is 8.31. The fraction of sp³-hybridized carbons (Fsp3) is 0.391. The Morgan fingerprint density at radius 2 is 1.78 bits per heavy atom. The lowest BCUT2D eigenvalue weighted by molar-refractivity contribution is -0.121. The topological polar surface area (TPSA) is 86.8 Å². The Morgan fingerprint density at radius 1 is 1.09 bits per heavy atom. The number of piperidine rings is 1. The number of carbonyl (C=O) groups excluding carboxylic acids is 2. The third-order valence-corrected chi connectivity index (χ3v) is 8.59. The Bertz CT molecular complexity index is 1170. The van der Waals surface area contributed by atoms with Gasteiger partial charge in [0, 0.05) is 42.6 Å². The maximum atomic E-state index is 13.5. The van der Waals surface area contributed by atoms with Crippen molar-refractivity contribution in [2.75, 3.05) is 29.9 Å². The van der Waals surface area contributed by atoms with E-state index in [-0.39, 0.29) is 35.7 Å². The van der Waals surface area contributed by atoms with Crippen molar-refractivity contribution < 1.29 is 18.0 Å². The predicted molar refractivity (Wildman–Crippen MR) is 127 cm³/mol. The Morgan fingerprint density at radius 3 is 2.44 bits per heavy atom. The Balaban J connectivity index is 1.51. The molecule has 2 aromatic carbocycles. The highest BCUT2D eigenvalue weighted by atomic mass is 79.9. The molecule has 1 fully saturated rings. The van der Waals surface area contributed by atoms with E-state index in [1.54, 1.807) is 6.07 Å². The summed E-state index contributed by atoms with van der Waals surface area (Å²) < 4.78 is 29.2. The fourth-order valence-corrected chi connectivity index (χ4v) is 6.81. The number of hydrogen-bond acceptors (Lipinski definition) is 4. The van der Waals surface area contributed by atoms with E-state index in [1.807, 2.05) is 37.3 Å². The van der Waals surface area contributed by atoms with Crippen molar-refractivity contribution >= 4 is 49.1 Å². The van der Waals surface area contributed by atoms with Crippen molar-refractivity contribution in [3.8, 4) is 0 Å². The number of nitrogens with one attached hydrogen (secondary N) is 1. The molecule has 2 aliphatic rings. The number of carbonyl (C=O) groups is 2. The first-order chi connectivity index (χ1) is 15.2. The van der Waals surface area contributed by atoms with E-state index in [0.717, 1.165) is 16.8 Å². The van der Waals surface area contributed by atoms with E-state index in [9.17, 15) is 18.0 Å². The number of amides is 2. The molecule has 0 bridgehead atoms. The fourth-order valence-electron chi connectivity index (χ4n) is 4.43. The zero-order valence-corrected chi connectivity index (χ0v) is 20.5. The lowest BCUT2D eigenvalue weighted by Crippen LogP contribution is -2.42. The normalized spacial score (nSPS) is 17.3. The van der Waals surface area contributed by atoms with Crippen molar-refractivity contribution in [2.45, 2.75) is 38.0 Å². The minimum absolute atomic E-state index is 0.0811. The molecule has 4 rings (SSSR count). The van der Waals surface area contributed by atoms with Crippen LogP contribution in [0.2, 0.25) is 0 Å². The quantitative estimate of drug-likeness (QED) is 0.666. The van der Waals surface area contributed by atoms with Gasteiger partial charge in [-0.05, 0) is 55.5 Å². The van der Waals surface area contributed by atoms with Crippen LogP contribution >= 0.6 is 15.9 Å². The number of anilines is 2. The molecular formula is C23H26BrN3O4S. The number of halogens is 1. The molecule has 0 aromatic heterocycles. The van der Waals surface area contributed by atoms with Crippen LogP contribution in [0.1, 0.15) is 30.9 Å². The molecule has 2 aliphatic heterocycles. The molecule has 7 nitrogen and oxygen atoms in total. The van der Waals surface area contributed by atoms with Gasteiger partial charge >= 0.3 is 0 Å². The van der Waals surface area contributed by atoms with Crippen LogP contribution in [0.3, 0.4) is 0 Å². The molecular weight excluding hydrogens is 494 g/mol. The molecule has 0 saturated carbocycles. The van der Waals surface area contributed by atoms with Crippen LogP contribution in [0.5, 0.6) is 0 Å². The third kappa shape index (κ3) is 4.33. The van der Waals surface area contributed by atoms with Crippen LogP contribution in [0.25, 0.3) is 0 Å². The molecule has 2 amide bonds. The van der Waals surface area contributed by atoms with E-state index in [4.69, 9.17) is 0 Å². The van der Waals surface area contributed by atoms with E-state index in [2.05, 4.69) is 21.2 Å². The highest BCUT2D eigenvalue weighted by Gasteiger charge is 2.37. The van der Waals surface area contributed by atoms with Gasteiger partial charge in [-0.25, -0.2) is 8.42 Å². The van der Waals surface area contributed by atoms with E-state index in [0.29, 0.717) is 36.0 Å². The van der Waals surface area contributed by atoms with Crippen LogP contribution in [0.4, 0.5) is 11.4 Å². The molecule has 1 N–H and O–H groups in total. The maximum Gasteiger partial charge on any atom is 0.245 e. The van der Waals surface area contributed by atoms with E-state index >= 15 is 0 Å². The second-order valence-corrected chi connectivity index (χ2v) is 11.1. The molecule has 0 radical (unpaired) electrons. The largest absolute Gasteiger partial charge is 0.326 e. The number of para-hydroxylation sites is 1. The Labute approximate surface area is 197 Å². The molecule has 0 aliphatic carbocycles.